The zero-order chi connectivity index (χ0) is 23.4. The van der Waals surface area contributed by atoms with E-state index in [1.807, 2.05) is 0 Å². The van der Waals surface area contributed by atoms with Crippen molar-refractivity contribution in [1.82, 2.24) is 40.4 Å². The van der Waals surface area contributed by atoms with Crippen molar-refractivity contribution in [3.8, 4) is 11.4 Å². The molecule has 2 aromatic heterocycles. The first-order valence-electron chi connectivity index (χ1n) is 11.3. The molecule has 4 aromatic rings. The molecule has 12 heteroatoms. The number of allylic oxidation sites excluding steroid dienone is 2. The van der Waals surface area contributed by atoms with E-state index in [1.165, 1.54) is 46.1 Å². The average Bonchev–Trinajstić information content (AvgIpc) is 3.61. The van der Waals surface area contributed by atoms with Gasteiger partial charge in [-0.3, -0.25) is 0 Å². The van der Waals surface area contributed by atoms with Gasteiger partial charge in [-0.05, 0) is 0 Å². The van der Waals surface area contributed by atoms with Crippen LogP contribution in [-0.4, -0.2) is 45.8 Å². The maximum atomic E-state index is 4.31. The van der Waals surface area contributed by atoms with E-state index in [0.717, 1.165) is 11.4 Å². The van der Waals surface area contributed by atoms with Gasteiger partial charge in [-0.1, -0.05) is 0 Å². The second-order valence-corrected chi connectivity index (χ2v) is 27.0. The first-order valence-corrected chi connectivity index (χ1v) is 20.3. The van der Waals surface area contributed by atoms with Crippen molar-refractivity contribution in [3.63, 3.8) is 0 Å². The largest absolute Gasteiger partial charge is 1.00 e. The van der Waals surface area contributed by atoms with Gasteiger partial charge in [0.2, 0.25) is 0 Å². The molecule has 2 atom stereocenters. The molecule has 36 heavy (non-hydrogen) atoms. The van der Waals surface area contributed by atoms with Gasteiger partial charge in [0.25, 0.3) is 0 Å². The molecule has 2 heterocycles. The van der Waals surface area contributed by atoms with Crippen molar-refractivity contribution >= 4 is 17.6 Å². The Kier molecular flexibility index (Phi) is 7.90. The molecule has 6 rings (SSSR count). The maximum absolute atomic E-state index is 4.31. The number of nitrogens with zero attached hydrogens (tertiary/aromatic N) is 8. The quantitative estimate of drug-likeness (QED) is 0.251. The summed E-state index contributed by atoms with van der Waals surface area (Å²) in [6.07, 6.45) is 7.73. The molecule has 0 saturated heterocycles. The summed E-state index contributed by atoms with van der Waals surface area (Å²) in [5.41, 5.74) is 9.89. The minimum atomic E-state index is -2.14. The number of hydrogen-bond donors (Lipinski definition) is 0. The molecular weight excluding hydrogens is 591 g/mol. The monoisotopic (exact) mass is 612 g/mol. The Bertz CT molecular complexity index is 1400. The number of hydrogen-bond acceptors (Lipinski definition) is 6. The first kappa shape index (κ1) is 26.8. The van der Waals surface area contributed by atoms with Crippen molar-refractivity contribution in [2.24, 2.45) is 0 Å². The molecule has 2 aliphatic rings. The van der Waals surface area contributed by atoms with E-state index in [1.54, 1.807) is 9.59 Å². The van der Waals surface area contributed by atoms with Crippen LogP contribution in [0, 0.1) is 0 Å². The Balaban J connectivity index is 0.00000152. The van der Waals surface area contributed by atoms with Crippen LogP contribution in [0.2, 0.25) is 13.1 Å². The van der Waals surface area contributed by atoms with Gasteiger partial charge in [0.15, 0.2) is 0 Å². The molecule has 0 aliphatic heterocycles. The Labute approximate surface area is 229 Å². The fourth-order valence-corrected chi connectivity index (χ4v) is 26.3. The van der Waals surface area contributed by atoms with Gasteiger partial charge in [-0.25, -0.2) is 0 Å². The summed E-state index contributed by atoms with van der Waals surface area (Å²) < 4.78 is 1.08. The third kappa shape index (κ3) is 4.28. The second kappa shape index (κ2) is 10.6. The normalized spacial score (nSPS) is 17.1. The van der Waals surface area contributed by atoms with Crippen molar-refractivity contribution in [2.75, 3.05) is 0 Å². The molecule has 0 amide bonds. The fraction of sp³-hybridized carbons (Fsp3) is 0.250. The molecule has 2 aliphatic carbocycles. The summed E-state index contributed by atoms with van der Waals surface area (Å²) in [6, 6.07) is 13.1. The Morgan fingerprint density at radius 3 is 1.53 bits per heavy atom. The van der Waals surface area contributed by atoms with Crippen LogP contribution < -0.4 is 24.8 Å². The van der Waals surface area contributed by atoms with Crippen LogP contribution in [0.3, 0.4) is 0 Å². The van der Waals surface area contributed by atoms with Crippen LogP contribution in [0.5, 0.6) is 0 Å². The molecule has 8 nitrogen and oxygen atoms in total. The summed E-state index contributed by atoms with van der Waals surface area (Å²) in [5, 5.41) is 24.8. The number of benzene rings is 2. The molecule has 0 unspecified atom stereocenters. The van der Waals surface area contributed by atoms with Crippen LogP contribution in [-0.2, 0) is 20.4 Å². The van der Waals surface area contributed by atoms with Crippen LogP contribution in [0.1, 0.15) is 43.4 Å². The zero-order valence-electron chi connectivity index (χ0n) is 20.3. The van der Waals surface area contributed by atoms with Gasteiger partial charge in [0.05, 0.1) is 0 Å². The van der Waals surface area contributed by atoms with Gasteiger partial charge >= 0.3 is 206 Å². The molecule has 0 fully saturated rings. The predicted molar refractivity (Wildman–Crippen MR) is 129 cm³/mol. The van der Waals surface area contributed by atoms with Gasteiger partial charge < -0.3 is 24.8 Å². The smallest absolute Gasteiger partial charge is 1.00 e. The molecular formula is C24H24Cl2N8SiZr. The molecule has 0 radical (unpaired) electrons. The number of aromatic nitrogens is 8. The van der Waals surface area contributed by atoms with E-state index >= 15 is 0 Å². The number of halogens is 2. The number of tetrazole rings is 2. The van der Waals surface area contributed by atoms with Gasteiger partial charge in [-0.2, -0.15) is 0 Å². The summed E-state index contributed by atoms with van der Waals surface area (Å²) in [5.74, 6) is 0. The SMILES string of the molecule is CC1=Cc2c(cccc2-n2ncnn2)[C@@H]1[Zr+2]([C@H]1C(C)=Cc2c1cccc2-n1ncnn1)=[Si](C)C.[Cl-].[Cl-]. The molecule has 0 bridgehead atoms. The van der Waals surface area contributed by atoms with Gasteiger partial charge in [0.1, 0.15) is 0 Å². The topological polar surface area (TPSA) is 87.2 Å². The maximum Gasteiger partial charge on any atom is -1.00 e. The third-order valence-corrected chi connectivity index (χ3v) is 26.7. The average molecular weight is 615 g/mol. The van der Waals surface area contributed by atoms with Gasteiger partial charge in [-0.15, -0.1) is 0 Å². The molecule has 2 aromatic carbocycles. The van der Waals surface area contributed by atoms with Crippen molar-refractivity contribution in [2.45, 2.75) is 34.2 Å². The van der Waals surface area contributed by atoms with Crippen LogP contribution in [0.15, 0.2) is 60.2 Å². The Morgan fingerprint density at radius 2 is 1.17 bits per heavy atom. The van der Waals surface area contributed by atoms with Gasteiger partial charge in [0, 0.05) is 0 Å². The summed E-state index contributed by atoms with van der Waals surface area (Å²) in [4.78, 5) is 3.29. The fourth-order valence-electron chi connectivity index (χ4n) is 5.54. The van der Waals surface area contributed by atoms with Crippen molar-refractivity contribution < 1.29 is 45.2 Å². The van der Waals surface area contributed by atoms with Crippen LogP contribution in [0.25, 0.3) is 23.5 Å². The number of rotatable bonds is 4. The van der Waals surface area contributed by atoms with E-state index in [4.69, 9.17) is 0 Å². The van der Waals surface area contributed by atoms with Crippen molar-refractivity contribution in [3.05, 3.63) is 82.5 Å². The molecule has 0 saturated carbocycles. The minimum Gasteiger partial charge on any atom is -1.00 e. The second-order valence-electron chi connectivity index (χ2n) is 9.11. The van der Waals surface area contributed by atoms with E-state index in [2.05, 4.69) is 106 Å². The summed E-state index contributed by atoms with van der Waals surface area (Å²) in [7, 11) is 0. The van der Waals surface area contributed by atoms with Crippen LogP contribution >= 0.6 is 0 Å². The Morgan fingerprint density at radius 1 is 0.722 bits per heavy atom. The molecule has 0 spiro atoms. The standard InChI is InChI=1S/2C11H9N4.C2H6Si.2ClH.Zr/c2*1-8-5-9-3-2-4-11(10(9)6-8)15-13-7-12-14-15;1-3-2;;;/h2*2-7H,1H3;1-2H3;2*1H;/q;;;;;+2/p-2. The van der Waals surface area contributed by atoms with E-state index in [9.17, 15) is 0 Å². The predicted octanol–water partition coefficient (Wildman–Crippen LogP) is -1.87. The van der Waals surface area contributed by atoms with E-state index in [-0.39, 0.29) is 24.8 Å². The molecule has 0 N–H and O–H groups in total. The van der Waals surface area contributed by atoms with E-state index in [0.29, 0.717) is 7.25 Å². The minimum absolute atomic E-state index is 0. The summed E-state index contributed by atoms with van der Waals surface area (Å²) >= 11 is -2.14. The molecule has 182 valence electrons. The first-order chi connectivity index (χ1) is 16.5. The third-order valence-electron chi connectivity index (χ3n) is 6.84. The Hall–Kier alpha value is -2.26. The number of fused-ring (bicyclic) bond motifs is 2. The van der Waals surface area contributed by atoms with E-state index < -0.39 is 25.8 Å². The van der Waals surface area contributed by atoms with Crippen molar-refractivity contribution in [1.29, 1.82) is 0 Å². The van der Waals surface area contributed by atoms with Crippen LogP contribution in [0.4, 0.5) is 0 Å². The zero-order valence-corrected chi connectivity index (χ0v) is 25.2. The summed E-state index contributed by atoms with van der Waals surface area (Å²) in [6.45, 7) is 9.70.